The van der Waals surface area contributed by atoms with Crippen LogP contribution in [0.2, 0.25) is 0 Å². The molecule has 148 valence electrons. The van der Waals surface area contributed by atoms with Crippen molar-refractivity contribution in [3.63, 3.8) is 0 Å². The van der Waals surface area contributed by atoms with Crippen molar-refractivity contribution < 1.29 is 14.1 Å². The highest BCUT2D eigenvalue weighted by molar-refractivity contribution is 5.97. The highest BCUT2D eigenvalue weighted by atomic mass is 16.5. The van der Waals surface area contributed by atoms with E-state index in [9.17, 15) is 9.59 Å². The van der Waals surface area contributed by atoms with Crippen LogP contribution in [0.3, 0.4) is 0 Å². The third kappa shape index (κ3) is 3.99. The Balaban J connectivity index is 1.59. The van der Waals surface area contributed by atoms with Gasteiger partial charge in [-0.2, -0.15) is 0 Å². The summed E-state index contributed by atoms with van der Waals surface area (Å²) in [6.45, 7) is 4.02. The molecule has 0 fully saturated rings. The first-order valence-electron chi connectivity index (χ1n) is 9.48. The normalized spacial score (nSPS) is 13.7. The van der Waals surface area contributed by atoms with Gasteiger partial charge in [0.15, 0.2) is 5.82 Å². The minimum atomic E-state index is -0.614. The molecular weight excluding hydrogens is 368 g/mol. The Morgan fingerprint density at radius 3 is 2.62 bits per heavy atom. The van der Waals surface area contributed by atoms with E-state index in [0.29, 0.717) is 18.1 Å². The first-order chi connectivity index (χ1) is 14.0. The lowest BCUT2D eigenvalue weighted by atomic mass is 10.0. The number of hydrogen-bond donors (Lipinski definition) is 2. The van der Waals surface area contributed by atoms with Crippen LogP contribution in [0.4, 0.5) is 17.2 Å². The van der Waals surface area contributed by atoms with Gasteiger partial charge in [-0.3, -0.25) is 9.59 Å². The number of anilines is 3. The van der Waals surface area contributed by atoms with Crippen molar-refractivity contribution in [1.82, 2.24) is 5.16 Å². The molecule has 0 saturated carbocycles. The molecule has 0 aliphatic carbocycles. The molecule has 1 aliphatic rings. The zero-order chi connectivity index (χ0) is 20.4. The molecule has 2 aromatic carbocycles. The van der Waals surface area contributed by atoms with Crippen molar-refractivity contribution in [3.05, 3.63) is 71.5 Å². The second-order valence-corrected chi connectivity index (χ2v) is 7.06. The summed E-state index contributed by atoms with van der Waals surface area (Å²) in [7, 11) is 0. The maximum absolute atomic E-state index is 13.0. The largest absolute Gasteiger partial charge is 0.370 e. The molecule has 1 atom stereocenters. The van der Waals surface area contributed by atoms with Crippen LogP contribution in [0.1, 0.15) is 29.9 Å². The molecular formula is C22H22N4O3. The molecule has 0 bridgehead atoms. The summed E-state index contributed by atoms with van der Waals surface area (Å²) in [6, 6.07) is 16.4. The highest BCUT2D eigenvalue weighted by Crippen LogP contribution is 2.32. The molecule has 0 saturated heterocycles. The van der Waals surface area contributed by atoms with E-state index < -0.39 is 6.04 Å². The SMILES string of the molecule is CC(=O)N1CCc2cc(N[C@H](C(=O)Nc3cc(C)on3)c3ccccc3)ccc21. The number of aryl methyl sites for hydroxylation is 1. The second kappa shape index (κ2) is 7.79. The summed E-state index contributed by atoms with van der Waals surface area (Å²) in [5, 5.41) is 9.96. The minimum absolute atomic E-state index is 0.0360. The molecule has 0 unspecified atom stereocenters. The number of fused-ring (bicyclic) bond motifs is 1. The zero-order valence-corrected chi connectivity index (χ0v) is 16.3. The fourth-order valence-electron chi connectivity index (χ4n) is 3.55. The summed E-state index contributed by atoms with van der Waals surface area (Å²) in [6.07, 6.45) is 0.796. The molecule has 3 aromatic rings. The number of hydrogen-bond acceptors (Lipinski definition) is 5. The Hall–Kier alpha value is -3.61. The lowest BCUT2D eigenvalue weighted by molar-refractivity contribution is -0.117. The highest BCUT2D eigenvalue weighted by Gasteiger charge is 2.25. The lowest BCUT2D eigenvalue weighted by Gasteiger charge is -2.20. The maximum atomic E-state index is 13.0. The zero-order valence-electron chi connectivity index (χ0n) is 16.3. The van der Waals surface area contributed by atoms with Crippen LogP contribution in [0.25, 0.3) is 0 Å². The van der Waals surface area contributed by atoms with E-state index in [1.165, 1.54) is 0 Å². The standard InChI is InChI=1S/C22H22N4O3/c1-14-12-20(25-29-14)24-22(28)21(16-6-4-3-5-7-16)23-18-8-9-19-17(13-18)10-11-26(19)15(2)27/h3-9,12-13,21,23H,10-11H2,1-2H3,(H,24,25,28)/t21-/m0/s1. The van der Waals surface area contributed by atoms with E-state index in [4.69, 9.17) is 4.52 Å². The topological polar surface area (TPSA) is 87.5 Å². The average Bonchev–Trinajstić information content (AvgIpc) is 3.32. The van der Waals surface area contributed by atoms with Gasteiger partial charge in [-0.25, -0.2) is 0 Å². The van der Waals surface area contributed by atoms with E-state index in [-0.39, 0.29) is 11.8 Å². The van der Waals surface area contributed by atoms with E-state index >= 15 is 0 Å². The van der Waals surface area contributed by atoms with Gasteiger partial charge in [0.05, 0.1) is 0 Å². The summed E-state index contributed by atoms with van der Waals surface area (Å²) in [4.78, 5) is 26.5. The Morgan fingerprint density at radius 2 is 1.93 bits per heavy atom. The molecule has 29 heavy (non-hydrogen) atoms. The van der Waals surface area contributed by atoms with Gasteiger partial charge in [-0.05, 0) is 42.7 Å². The summed E-state index contributed by atoms with van der Waals surface area (Å²) >= 11 is 0. The minimum Gasteiger partial charge on any atom is -0.370 e. The van der Waals surface area contributed by atoms with Gasteiger partial charge in [0.25, 0.3) is 5.91 Å². The molecule has 2 N–H and O–H groups in total. The van der Waals surface area contributed by atoms with Crippen LogP contribution < -0.4 is 15.5 Å². The third-order valence-electron chi connectivity index (χ3n) is 4.94. The van der Waals surface area contributed by atoms with Crippen LogP contribution in [-0.4, -0.2) is 23.5 Å². The van der Waals surface area contributed by atoms with Gasteiger partial charge in [-0.15, -0.1) is 0 Å². The Bertz CT molecular complexity index is 1050. The van der Waals surface area contributed by atoms with Crippen LogP contribution in [0.5, 0.6) is 0 Å². The van der Waals surface area contributed by atoms with Crippen LogP contribution in [0, 0.1) is 6.92 Å². The third-order valence-corrected chi connectivity index (χ3v) is 4.94. The number of rotatable bonds is 5. The van der Waals surface area contributed by atoms with Crippen molar-refractivity contribution in [2.75, 3.05) is 22.1 Å². The van der Waals surface area contributed by atoms with Crippen LogP contribution in [-0.2, 0) is 16.0 Å². The quantitative estimate of drug-likeness (QED) is 0.694. The average molecular weight is 390 g/mol. The smallest absolute Gasteiger partial charge is 0.252 e. The molecule has 0 radical (unpaired) electrons. The van der Waals surface area contributed by atoms with Gasteiger partial charge in [0.2, 0.25) is 5.91 Å². The summed E-state index contributed by atoms with van der Waals surface area (Å²) < 4.78 is 5.03. The van der Waals surface area contributed by atoms with Crippen LogP contribution in [0.15, 0.2) is 59.1 Å². The molecule has 1 aromatic heterocycles. The van der Waals surface area contributed by atoms with Gasteiger partial charge in [-0.1, -0.05) is 35.5 Å². The van der Waals surface area contributed by atoms with Crippen molar-refractivity contribution in [2.24, 2.45) is 0 Å². The molecule has 2 heterocycles. The molecule has 0 spiro atoms. The number of benzene rings is 2. The van der Waals surface area contributed by atoms with E-state index in [1.807, 2.05) is 48.5 Å². The first kappa shape index (κ1) is 18.7. The van der Waals surface area contributed by atoms with Gasteiger partial charge < -0.3 is 20.1 Å². The summed E-state index contributed by atoms with van der Waals surface area (Å²) in [5.41, 5.74) is 3.66. The Labute approximate surface area is 168 Å². The number of aromatic nitrogens is 1. The van der Waals surface area contributed by atoms with Gasteiger partial charge in [0, 0.05) is 30.9 Å². The lowest BCUT2D eigenvalue weighted by Crippen LogP contribution is -2.27. The van der Waals surface area contributed by atoms with Crippen molar-refractivity contribution in [1.29, 1.82) is 0 Å². The monoisotopic (exact) mass is 390 g/mol. The molecule has 2 amide bonds. The second-order valence-electron chi connectivity index (χ2n) is 7.06. The van der Waals surface area contributed by atoms with Gasteiger partial charge >= 0.3 is 0 Å². The Morgan fingerprint density at radius 1 is 1.14 bits per heavy atom. The predicted octanol–water partition coefficient (Wildman–Crippen LogP) is 3.68. The molecule has 7 nitrogen and oxygen atoms in total. The van der Waals surface area contributed by atoms with E-state index in [0.717, 1.165) is 28.9 Å². The number of nitrogens with one attached hydrogen (secondary N) is 2. The van der Waals surface area contributed by atoms with Crippen molar-refractivity contribution in [2.45, 2.75) is 26.3 Å². The predicted molar refractivity (Wildman–Crippen MR) is 111 cm³/mol. The first-order valence-corrected chi connectivity index (χ1v) is 9.48. The molecule has 7 heteroatoms. The maximum Gasteiger partial charge on any atom is 0.252 e. The van der Waals surface area contributed by atoms with Crippen molar-refractivity contribution in [3.8, 4) is 0 Å². The fraction of sp³-hybridized carbons (Fsp3) is 0.227. The summed E-state index contributed by atoms with van der Waals surface area (Å²) in [5.74, 6) is 0.795. The van der Waals surface area contributed by atoms with E-state index in [1.54, 1.807) is 24.8 Å². The van der Waals surface area contributed by atoms with E-state index in [2.05, 4.69) is 15.8 Å². The van der Waals surface area contributed by atoms with Crippen molar-refractivity contribution >= 4 is 29.0 Å². The molecule has 4 rings (SSSR count). The number of carbonyl (C=O) groups is 2. The Kier molecular flexibility index (Phi) is 5.03. The van der Waals surface area contributed by atoms with Crippen LogP contribution >= 0.6 is 0 Å². The molecule has 1 aliphatic heterocycles. The fourth-order valence-corrected chi connectivity index (χ4v) is 3.55. The number of carbonyl (C=O) groups excluding carboxylic acids is 2. The number of nitrogens with zero attached hydrogens (tertiary/aromatic N) is 2. The van der Waals surface area contributed by atoms with Gasteiger partial charge in [0.1, 0.15) is 11.8 Å². The number of amides is 2.